The highest BCUT2D eigenvalue weighted by Gasteiger charge is 2.06. The van der Waals surface area contributed by atoms with Crippen molar-refractivity contribution in [1.29, 1.82) is 0 Å². The molecule has 0 atom stereocenters. The van der Waals surface area contributed by atoms with Gasteiger partial charge in [0.1, 0.15) is 6.79 Å². The van der Waals surface area contributed by atoms with E-state index in [0.717, 1.165) is 12.8 Å². The highest BCUT2D eigenvalue weighted by Crippen LogP contribution is 2.04. The van der Waals surface area contributed by atoms with Gasteiger partial charge in [-0.25, -0.2) is 0 Å². The molecule has 0 rings (SSSR count). The molecule has 0 radical (unpaired) electrons. The maximum Gasteiger partial charge on any atom is 0.157 e. The highest BCUT2D eigenvalue weighted by molar-refractivity contribution is 4.46. The van der Waals surface area contributed by atoms with Crippen LogP contribution >= 0.6 is 0 Å². The summed E-state index contributed by atoms with van der Waals surface area (Å²) in [6.07, 6.45) is 1.61. The SMILES string of the molecule is CCOC(CCCOCCOCO)OCC. The Bertz CT molecular complexity index is 126. The predicted octanol–water partition coefficient (Wildman–Crippen LogP) is 1.15. The van der Waals surface area contributed by atoms with Crippen LogP contribution in [0.2, 0.25) is 0 Å². The second kappa shape index (κ2) is 12.9. The Morgan fingerprint density at radius 2 is 1.56 bits per heavy atom. The van der Waals surface area contributed by atoms with E-state index in [0.29, 0.717) is 33.0 Å². The maximum absolute atomic E-state index is 8.35. The Balaban J connectivity index is 3.25. The Morgan fingerprint density at radius 1 is 0.938 bits per heavy atom. The van der Waals surface area contributed by atoms with Gasteiger partial charge in [0.25, 0.3) is 0 Å². The third-order valence-corrected chi connectivity index (χ3v) is 1.90. The molecule has 0 unspecified atom stereocenters. The molecule has 0 aliphatic rings. The summed E-state index contributed by atoms with van der Waals surface area (Å²) in [5.41, 5.74) is 0. The molecule has 0 fully saturated rings. The summed E-state index contributed by atoms with van der Waals surface area (Å²) < 4.78 is 20.8. The van der Waals surface area contributed by atoms with E-state index in [-0.39, 0.29) is 13.1 Å². The Kier molecular flexibility index (Phi) is 12.7. The standard InChI is InChI=1S/C11H24O5/c1-3-15-11(16-4-2)6-5-7-13-8-9-14-10-12/h11-12H,3-10H2,1-2H3. The summed E-state index contributed by atoms with van der Waals surface area (Å²) in [5.74, 6) is 0. The molecule has 5 heteroatoms. The number of hydrogen-bond acceptors (Lipinski definition) is 5. The van der Waals surface area contributed by atoms with E-state index in [1.165, 1.54) is 0 Å². The van der Waals surface area contributed by atoms with Gasteiger partial charge in [-0.1, -0.05) is 0 Å². The lowest BCUT2D eigenvalue weighted by atomic mass is 10.3. The van der Waals surface area contributed by atoms with Gasteiger partial charge in [-0.05, 0) is 20.3 Å². The van der Waals surface area contributed by atoms with Gasteiger partial charge in [0.2, 0.25) is 0 Å². The van der Waals surface area contributed by atoms with E-state index in [1.54, 1.807) is 0 Å². The molecule has 98 valence electrons. The lowest BCUT2D eigenvalue weighted by Gasteiger charge is -2.16. The van der Waals surface area contributed by atoms with Crippen molar-refractivity contribution in [1.82, 2.24) is 0 Å². The molecule has 0 aromatic heterocycles. The summed E-state index contributed by atoms with van der Waals surface area (Å²) >= 11 is 0. The van der Waals surface area contributed by atoms with Crippen LogP contribution in [0.1, 0.15) is 26.7 Å². The van der Waals surface area contributed by atoms with E-state index >= 15 is 0 Å². The van der Waals surface area contributed by atoms with Crippen LogP contribution in [0.15, 0.2) is 0 Å². The zero-order chi connectivity index (χ0) is 12.1. The van der Waals surface area contributed by atoms with Crippen molar-refractivity contribution in [2.75, 3.05) is 39.8 Å². The first-order valence-corrected chi connectivity index (χ1v) is 5.84. The molecule has 0 spiro atoms. The first-order valence-electron chi connectivity index (χ1n) is 5.84. The van der Waals surface area contributed by atoms with Crippen molar-refractivity contribution in [3.63, 3.8) is 0 Å². The van der Waals surface area contributed by atoms with Crippen molar-refractivity contribution in [2.45, 2.75) is 33.0 Å². The molecule has 0 amide bonds. The van der Waals surface area contributed by atoms with Crippen LogP contribution in [-0.2, 0) is 18.9 Å². The number of rotatable bonds is 12. The van der Waals surface area contributed by atoms with Crippen LogP contribution in [0, 0.1) is 0 Å². The second-order valence-electron chi connectivity index (χ2n) is 3.13. The maximum atomic E-state index is 8.35. The molecule has 16 heavy (non-hydrogen) atoms. The normalized spacial score (nSPS) is 11.2. The summed E-state index contributed by atoms with van der Waals surface area (Å²) in [7, 11) is 0. The van der Waals surface area contributed by atoms with Crippen LogP contribution < -0.4 is 0 Å². The van der Waals surface area contributed by atoms with Crippen molar-refractivity contribution in [3.05, 3.63) is 0 Å². The first kappa shape index (κ1) is 15.8. The van der Waals surface area contributed by atoms with Gasteiger partial charge >= 0.3 is 0 Å². The number of aliphatic hydroxyl groups excluding tert-OH is 1. The summed E-state index contributed by atoms with van der Waals surface area (Å²) in [6.45, 7) is 6.58. The van der Waals surface area contributed by atoms with Gasteiger partial charge in [-0.3, -0.25) is 0 Å². The predicted molar refractivity (Wildman–Crippen MR) is 60.1 cm³/mol. The third kappa shape index (κ3) is 10.3. The molecule has 0 bridgehead atoms. The molecule has 0 saturated carbocycles. The Labute approximate surface area is 97.6 Å². The van der Waals surface area contributed by atoms with Crippen molar-refractivity contribution in [3.8, 4) is 0 Å². The molecule has 0 aromatic rings. The Hall–Kier alpha value is -0.200. The average molecular weight is 236 g/mol. The fraction of sp³-hybridized carbons (Fsp3) is 1.00. The average Bonchev–Trinajstić information content (AvgIpc) is 2.28. The Morgan fingerprint density at radius 3 is 2.12 bits per heavy atom. The highest BCUT2D eigenvalue weighted by atomic mass is 16.7. The molecule has 0 heterocycles. The molecular formula is C11H24O5. The fourth-order valence-electron chi connectivity index (χ4n) is 1.22. The van der Waals surface area contributed by atoms with Crippen LogP contribution in [0.4, 0.5) is 0 Å². The fourth-order valence-corrected chi connectivity index (χ4v) is 1.22. The van der Waals surface area contributed by atoms with E-state index in [1.807, 2.05) is 13.8 Å². The third-order valence-electron chi connectivity index (χ3n) is 1.90. The minimum atomic E-state index is -0.250. The van der Waals surface area contributed by atoms with E-state index in [4.69, 9.17) is 24.1 Å². The van der Waals surface area contributed by atoms with Gasteiger partial charge in [-0.2, -0.15) is 0 Å². The largest absolute Gasteiger partial charge is 0.379 e. The second-order valence-corrected chi connectivity index (χ2v) is 3.13. The number of hydrogen-bond donors (Lipinski definition) is 1. The van der Waals surface area contributed by atoms with Gasteiger partial charge in [-0.15, -0.1) is 0 Å². The summed E-state index contributed by atoms with van der Waals surface area (Å²) in [6, 6.07) is 0. The lowest BCUT2D eigenvalue weighted by molar-refractivity contribution is -0.141. The van der Waals surface area contributed by atoms with Crippen molar-refractivity contribution in [2.24, 2.45) is 0 Å². The topological polar surface area (TPSA) is 57.2 Å². The summed E-state index contributed by atoms with van der Waals surface area (Å²) in [5, 5.41) is 8.35. The van der Waals surface area contributed by atoms with Crippen molar-refractivity contribution >= 4 is 0 Å². The minimum Gasteiger partial charge on any atom is -0.379 e. The quantitative estimate of drug-likeness (QED) is 0.407. The number of aliphatic hydroxyl groups is 1. The molecule has 0 aromatic carbocycles. The minimum absolute atomic E-state index is 0.118. The number of ether oxygens (including phenoxy) is 4. The molecule has 0 aliphatic heterocycles. The van der Waals surface area contributed by atoms with Crippen LogP contribution in [0.25, 0.3) is 0 Å². The zero-order valence-electron chi connectivity index (χ0n) is 10.3. The molecule has 0 saturated heterocycles. The molecule has 1 N–H and O–H groups in total. The van der Waals surface area contributed by atoms with Crippen LogP contribution in [0.5, 0.6) is 0 Å². The smallest absolute Gasteiger partial charge is 0.157 e. The van der Waals surface area contributed by atoms with Crippen LogP contribution in [-0.4, -0.2) is 51.2 Å². The van der Waals surface area contributed by atoms with Crippen molar-refractivity contribution < 1.29 is 24.1 Å². The van der Waals surface area contributed by atoms with Crippen LogP contribution in [0.3, 0.4) is 0 Å². The molecule has 0 aliphatic carbocycles. The van der Waals surface area contributed by atoms with E-state index in [2.05, 4.69) is 0 Å². The molecular weight excluding hydrogens is 212 g/mol. The van der Waals surface area contributed by atoms with E-state index in [9.17, 15) is 0 Å². The lowest BCUT2D eigenvalue weighted by Crippen LogP contribution is -2.18. The van der Waals surface area contributed by atoms with Gasteiger partial charge < -0.3 is 24.1 Å². The zero-order valence-corrected chi connectivity index (χ0v) is 10.3. The monoisotopic (exact) mass is 236 g/mol. The van der Waals surface area contributed by atoms with Gasteiger partial charge in [0, 0.05) is 26.2 Å². The first-order chi connectivity index (χ1) is 7.85. The van der Waals surface area contributed by atoms with Gasteiger partial charge in [0.05, 0.1) is 13.2 Å². The molecule has 5 nitrogen and oxygen atoms in total. The van der Waals surface area contributed by atoms with E-state index < -0.39 is 0 Å². The van der Waals surface area contributed by atoms with Gasteiger partial charge in [0.15, 0.2) is 6.29 Å². The summed E-state index contributed by atoms with van der Waals surface area (Å²) in [4.78, 5) is 0.